The van der Waals surface area contributed by atoms with Gasteiger partial charge in [0.05, 0.1) is 27.4 Å². The molecule has 0 aliphatic heterocycles. The smallest absolute Gasteiger partial charge is 0.180 e. The molecule has 0 atom stereocenters. The normalized spacial score (nSPS) is 10.8. The fraction of sp³-hybridized carbons (Fsp3) is 0. The quantitative estimate of drug-likeness (QED) is 0.756. The van der Waals surface area contributed by atoms with E-state index in [0.29, 0.717) is 21.4 Å². The molecule has 0 amide bonds. The first kappa shape index (κ1) is 12.1. The van der Waals surface area contributed by atoms with Crippen molar-refractivity contribution in [3.8, 4) is 22.5 Å². The Balaban J connectivity index is 2.19. The Kier molecular flexibility index (Phi) is 2.93. The molecule has 0 aliphatic rings. The van der Waals surface area contributed by atoms with Crippen LogP contribution >= 0.6 is 23.2 Å². The van der Waals surface area contributed by atoms with Gasteiger partial charge >= 0.3 is 0 Å². The minimum atomic E-state index is 0.287. The first-order valence-electron chi connectivity index (χ1n) is 5.36. The minimum absolute atomic E-state index is 0.287. The molecule has 7 heteroatoms. The van der Waals surface area contributed by atoms with Crippen molar-refractivity contribution >= 4 is 29.0 Å². The van der Waals surface area contributed by atoms with Crippen LogP contribution in [-0.4, -0.2) is 15.4 Å². The van der Waals surface area contributed by atoms with Crippen LogP contribution in [0.2, 0.25) is 10.0 Å². The maximum atomic E-state index is 6.02. The summed E-state index contributed by atoms with van der Waals surface area (Å²) in [6.07, 6.45) is 3.32. The summed E-state index contributed by atoms with van der Waals surface area (Å²) < 4.78 is 5.25. The summed E-state index contributed by atoms with van der Waals surface area (Å²) in [5, 5.41) is 11.3. The molecule has 3 rings (SSSR count). The first-order valence-corrected chi connectivity index (χ1v) is 6.12. The van der Waals surface area contributed by atoms with Crippen molar-refractivity contribution in [1.82, 2.24) is 15.4 Å². The van der Waals surface area contributed by atoms with Crippen molar-refractivity contribution in [3.05, 3.63) is 40.6 Å². The maximum absolute atomic E-state index is 6.02. The van der Waals surface area contributed by atoms with E-state index >= 15 is 0 Å². The van der Waals surface area contributed by atoms with Crippen molar-refractivity contribution in [2.24, 2.45) is 0 Å². The van der Waals surface area contributed by atoms with Gasteiger partial charge in [0.15, 0.2) is 11.6 Å². The molecule has 0 fully saturated rings. The number of hydrogen-bond acceptors (Lipinski definition) is 4. The second kappa shape index (κ2) is 4.60. The van der Waals surface area contributed by atoms with Gasteiger partial charge in [-0.05, 0) is 17.7 Å². The standard InChI is InChI=1S/C12H8Cl2N4O/c13-8-2-1-6(3-9(8)14)10-11(19-18-12(10)15)7-4-16-17-5-7/h1-5H,(H2,15,18)(H,16,17). The average molecular weight is 295 g/mol. The Labute approximate surface area is 118 Å². The van der Waals surface area contributed by atoms with Gasteiger partial charge in [0.25, 0.3) is 0 Å². The number of rotatable bonds is 2. The van der Waals surface area contributed by atoms with Gasteiger partial charge in [-0.1, -0.05) is 34.4 Å². The SMILES string of the molecule is Nc1noc(-c2cn[nH]c2)c1-c1ccc(Cl)c(Cl)c1. The van der Waals surface area contributed by atoms with E-state index in [1.807, 2.05) is 0 Å². The highest BCUT2D eigenvalue weighted by Crippen LogP contribution is 2.38. The zero-order valence-corrected chi connectivity index (χ0v) is 11.0. The molecule has 19 heavy (non-hydrogen) atoms. The van der Waals surface area contributed by atoms with Gasteiger partial charge in [0.1, 0.15) is 0 Å². The van der Waals surface area contributed by atoms with E-state index < -0.39 is 0 Å². The fourth-order valence-corrected chi connectivity index (χ4v) is 2.10. The Hall–Kier alpha value is -1.98. The summed E-state index contributed by atoms with van der Waals surface area (Å²) in [5.74, 6) is 0.819. The molecule has 3 aromatic rings. The average Bonchev–Trinajstić information content (AvgIpc) is 3.01. The molecule has 3 N–H and O–H groups in total. The number of aromatic amines is 1. The van der Waals surface area contributed by atoms with Crippen LogP contribution in [0.3, 0.4) is 0 Å². The highest BCUT2D eigenvalue weighted by Gasteiger charge is 2.18. The molecule has 0 aliphatic carbocycles. The predicted octanol–water partition coefficient (Wildman–Crippen LogP) is 3.62. The Morgan fingerprint density at radius 3 is 2.68 bits per heavy atom. The summed E-state index contributed by atoms with van der Waals surface area (Å²) in [4.78, 5) is 0. The molecule has 0 spiro atoms. The van der Waals surface area contributed by atoms with E-state index in [0.717, 1.165) is 11.1 Å². The molecule has 0 saturated heterocycles. The van der Waals surface area contributed by atoms with Gasteiger partial charge in [0, 0.05) is 6.20 Å². The van der Waals surface area contributed by atoms with E-state index in [-0.39, 0.29) is 5.82 Å². The monoisotopic (exact) mass is 294 g/mol. The molecular formula is C12H8Cl2N4O. The summed E-state index contributed by atoms with van der Waals surface area (Å²) in [6, 6.07) is 5.22. The summed E-state index contributed by atoms with van der Waals surface area (Å²) in [7, 11) is 0. The summed E-state index contributed by atoms with van der Waals surface area (Å²) in [6.45, 7) is 0. The number of nitrogens with one attached hydrogen (secondary N) is 1. The molecule has 2 aromatic heterocycles. The molecule has 1 aromatic carbocycles. The highest BCUT2D eigenvalue weighted by atomic mass is 35.5. The van der Waals surface area contributed by atoms with Crippen molar-refractivity contribution in [1.29, 1.82) is 0 Å². The predicted molar refractivity (Wildman–Crippen MR) is 74.0 cm³/mol. The third-order valence-electron chi connectivity index (χ3n) is 2.69. The number of benzene rings is 1. The summed E-state index contributed by atoms with van der Waals surface area (Å²) >= 11 is 11.9. The lowest BCUT2D eigenvalue weighted by Gasteiger charge is -2.03. The molecule has 0 bridgehead atoms. The van der Waals surface area contributed by atoms with Gasteiger partial charge in [-0.3, -0.25) is 5.10 Å². The third kappa shape index (κ3) is 2.07. The number of nitrogens with zero attached hydrogens (tertiary/aromatic N) is 2. The lowest BCUT2D eigenvalue weighted by atomic mass is 10.0. The van der Waals surface area contributed by atoms with E-state index in [2.05, 4.69) is 15.4 Å². The highest BCUT2D eigenvalue weighted by molar-refractivity contribution is 6.42. The molecule has 2 heterocycles. The zero-order valence-electron chi connectivity index (χ0n) is 9.52. The number of hydrogen-bond donors (Lipinski definition) is 2. The zero-order chi connectivity index (χ0) is 13.4. The van der Waals surface area contributed by atoms with Crippen molar-refractivity contribution in [2.45, 2.75) is 0 Å². The Morgan fingerprint density at radius 2 is 2.00 bits per heavy atom. The topological polar surface area (TPSA) is 80.7 Å². The van der Waals surface area contributed by atoms with Crippen LogP contribution in [0.5, 0.6) is 0 Å². The number of anilines is 1. The molecule has 0 radical (unpaired) electrons. The van der Waals surface area contributed by atoms with Gasteiger partial charge in [-0.15, -0.1) is 0 Å². The van der Waals surface area contributed by atoms with Crippen LogP contribution in [0.15, 0.2) is 35.1 Å². The largest absolute Gasteiger partial charge is 0.380 e. The number of nitrogens with two attached hydrogens (primary N) is 1. The molecule has 0 unspecified atom stereocenters. The molecule has 96 valence electrons. The van der Waals surface area contributed by atoms with Crippen molar-refractivity contribution < 1.29 is 4.52 Å². The molecule has 0 saturated carbocycles. The van der Waals surface area contributed by atoms with Crippen LogP contribution in [0, 0.1) is 0 Å². The third-order valence-corrected chi connectivity index (χ3v) is 3.43. The Morgan fingerprint density at radius 1 is 1.16 bits per heavy atom. The molecular weight excluding hydrogens is 287 g/mol. The number of halogens is 2. The van der Waals surface area contributed by atoms with Gasteiger partial charge in [-0.25, -0.2) is 0 Å². The Bertz CT molecular complexity index is 721. The lowest BCUT2D eigenvalue weighted by molar-refractivity contribution is 0.436. The van der Waals surface area contributed by atoms with E-state index in [1.54, 1.807) is 30.6 Å². The second-order valence-corrected chi connectivity index (χ2v) is 4.70. The van der Waals surface area contributed by atoms with Crippen molar-refractivity contribution in [3.63, 3.8) is 0 Å². The van der Waals surface area contributed by atoms with E-state index in [4.69, 9.17) is 33.5 Å². The second-order valence-electron chi connectivity index (χ2n) is 3.89. The van der Waals surface area contributed by atoms with Crippen LogP contribution < -0.4 is 5.73 Å². The van der Waals surface area contributed by atoms with Crippen LogP contribution in [0.1, 0.15) is 0 Å². The van der Waals surface area contributed by atoms with Gasteiger partial charge in [0.2, 0.25) is 0 Å². The maximum Gasteiger partial charge on any atom is 0.180 e. The minimum Gasteiger partial charge on any atom is -0.380 e. The van der Waals surface area contributed by atoms with E-state index in [1.165, 1.54) is 0 Å². The fourth-order valence-electron chi connectivity index (χ4n) is 1.81. The van der Waals surface area contributed by atoms with E-state index in [9.17, 15) is 0 Å². The van der Waals surface area contributed by atoms with Crippen LogP contribution in [0.4, 0.5) is 5.82 Å². The number of H-pyrrole nitrogens is 1. The van der Waals surface area contributed by atoms with Crippen LogP contribution in [-0.2, 0) is 0 Å². The number of aromatic nitrogens is 3. The van der Waals surface area contributed by atoms with Crippen LogP contribution in [0.25, 0.3) is 22.5 Å². The first-order chi connectivity index (χ1) is 9.16. The molecule has 5 nitrogen and oxygen atoms in total. The number of nitrogen functional groups attached to an aromatic ring is 1. The summed E-state index contributed by atoms with van der Waals surface area (Å²) in [5.41, 5.74) is 8.06. The van der Waals surface area contributed by atoms with Crippen molar-refractivity contribution in [2.75, 3.05) is 5.73 Å². The van der Waals surface area contributed by atoms with Gasteiger partial charge < -0.3 is 10.3 Å². The van der Waals surface area contributed by atoms with Gasteiger partial charge in [-0.2, -0.15) is 5.10 Å². The lowest BCUT2D eigenvalue weighted by Crippen LogP contribution is -1.88.